The minimum Gasteiger partial charge on any atom is -0.349 e. The van der Waals surface area contributed by atoms with Crippen molar-refractivity contribution in [2.24, 2.45) is 0 Å². The zero-order chi connectivity index (χ0) is 32.3. The van der Waals surface area contributed by atoms with Crippen molar-refractivity contribution in [1.29, 1.82) is 0 Å². The lowest BCUT2D eigenvalue weighted by Crippen LogP contribution is -2.46. The number of halogens is 8. The number of anilines is 2. The first kappa shape index (κ1) is 58.4. The van der Waals surface area contributed by atoms with Crippen LogP contribution in [-0.2, 0) is 35.5 Å². The third kappa shape index (κ3) is 17.4. The number of hydrogen-bond donors (Lipinski definition) is 6. The van der Waals surface area contributed by atoms with Crippen LogP contribution in [-0.4, -0.2) is 133 Å². The maximum Gasteiger partial charge on any atom is 0.227 e. The van der Waals surface area contributed by atoms with Gasteiger partial charge in [-0.25, -0.2) is 0 Å². The molecule has 4 aliphatic rings. The maximum absolute atomic E-state index is 13.4. The Morgan fingerprint density at radius 3 is 1.04 bits per heavy atom. The molecule has 2 aromatic rings. The van der Waals surface area contributed by atoms with E-state index >= 15 is 0 Å². The van der Waals surface area contributed by atoms with Gasteiger partial charge in [-0.2, -0.15) is 0 Å². The van der Waals surface area contributed by atoms with Crippen LogP contribution < -0.4 is 41.7 Å². The minimum atomic E-state index is 0. The normalized spacial score (nSPS) is 17.5. The Labute approximate surface area is 377 Å². The van der Waals surface area contributed by atoms with Crippen LogP contribution in [0.3, 0.4) is 0 Å². The van der Waals surface area contributed by atoms with Crippen LogP contribution in [0.1, 0.15) is 22.3 Å². The summed E-state index contributed by atoms with van der Waals surface area (Å²) in [5.74, 6) is 0.371. The lowest BCUT2D eigenvalue weighted by atomic mass is 9.97. The van der Waals surface area contributed by atoms with E-state index in [9.17, 15) is 9.59 Å². The molecule has 12 nitrogen and oxygen atoms in total. The summed E-state index contributed by atoms with van der Waals surface area (Å²) in [5, 5.41) is 20.6. The average Bonchev–Trinajstić information content (AvgIpc) is 3.05. The molecule has 55 heavy (non-hydrogen) atoms. The van der Waals surface area contributed by atoms with Crippen LogP contribution in [0, 0.1) is 0 Å². The van der Waals surface area contributed by atoms with Gasteiger partial charge >= 0.3 is 0 Å². The third-order valence-corrected chi connectivity index (χ3v) is 9.60. The van der Waals surface area contributed by atoms with Crippen molar-refractivity contribution in [2.75, 3.05) is 121 Å². The zero-order valence-electron chi connectivity index (χ0n) is 31.2. The molecule has 0 aliphatic carbocycles. The minimum absolute atomic E-state index is 0. The van der Waals surface area contributed by atoms with Gasteiger partial charge in [-0.1, -0.05) is 24.3 Å². The molecule has 2 saturated heterocycles. The van der Waals surface area contributed by atoms with E-state index in [0.29, 0.717) is 12.8 Å². The monoisotopic (exact) mass is 934 g/mol. The number of carbonyl (C=O) groups is 2. The van der Waals surface area contributed by atoms with Gasteiger partial charge in [0.15, 0.2) is 0 Å². The van der Waals surface area contributed by atoms with E-state index in [2.05, 4.69) is 78.1 Å². The number of amides is 2. The van der Waals surface area contributed by atoms with E-state index in [1.807, 2.05) is 9.80 Å². The first-order chi connectivity index (χ1) is 23.1. The van der Waals surface area contributed by atoms with Crippen LogP contribution in [0.25, 0.3) is 0 Å². The molecule has 0 radical (unpaired) electrons. The van der Waals surface area contributed by atoms with Crippen LogP contribution in [0.2, 0.25) is 0 Å². The number of carbonyl (C=O) groups excluding carboxylic acids is 2. The second-order valence-electron chi connectivity index (χ2n) is 13.1. The Balaban J connectivity index is -0.00000338. The van der Waals surface area contributed by atoms with Gasteiger partial charge in [-0.15, -0.1) is 99.3 Å². The lowest BCUT2D eigenvalue weighted by Gasteiger charge is -2.45. The van der Waals surface area contributed by atoms with Crippen LogP contribution in [0.15, 0.2) is 36.4 Å². The van der Waals surface area contributed by atoms with Gasteiger partial charge in [0, 0.05) is 129 Å². The molecule has 0 unspecified atom stereocenters. The first-order valence-corrected chi connectivity index (χ1v) is 17.7. The number of nitrogens with zero attached hydrogens (tertiary/aromatic N) is 4. The second-order valence-corrected chi connectivity index (χ2v) is 13.1. The van der Waals surface area contributed by atoms with Gasteiger partial charge in [0.25, 0.3) is 0 Å². The summed E-state index contributed by atoms with van der Waals surface area (Å²) < 4.78 is 0. The molecule has 2 fully saturated rings. The van der Waals surface area contributed by atoms with Crippen molar-refractivity contribution in [3.8, 4) is 0 Å². The van der Waals surface area contributed by atoms with E-state index < -0.39 is 0 Å². The van der Waals surface area contributed by atoms with E-state index in [1.165, 1.54) is 22.5 Å². The predicted molar refractivity (Wildman–Crippen MR) is 246 cm³/mol. The van der Waals surface area contributed by atoms with Crippen molar-refractivity contribution in [3.05, 3.63) is 58.7 Å². The summed E-state index contributed by atoms with van der Waals surface area (Å²) in [5.41, 5.74) is 7.17. The molecule has 0 aromatic heterocycles. The fourth-order valence-electron chi connectivity index (χ4n) is 7.02. The highest BCUT2D eigenvalue weighted by Gasteiger charge is 2.30. The molecule has 6 N–H and O–H groups in total. The number of benzene rings is 2. The van der Waals surface area contributed by atoms with Gasteiger partial charge in [-0.05, 0) is 34.4 Å². The highest BCUT2D eigenvalue weighted by atomic mass is 35.5. The molecular formula is C35H62Cl8N10O2. The van der Waals surface area contributed by atoms with Crippen LogP contribution >= 0.6 is 99.3 Å². The summed E-state index contributed by atoms with van der Waals surface area (Å²) in [6.07, 6.45) is 0.840. The molecule has 4 aliphatic heterocycles. The molecule has 4 heterocycles. The summed E-state index contributed by atoms with van der Waals surface area (Å²) in [6, 6.07) is 13.1. The molecule has 0 spiro atoms. The fourth-order valence-corrected chi connectivity index (χ4v) is 7.02. The van der Waals surface area contributed by atoms with Gasteiger partial charge in [0.05, 0.1) is 19.5 Å². The van der Waals surface area contributed by atoms with Crippen LogP contribution in [0.5, 0.6) is 0 Å². The van der Waals surface area contributed by atoms with Crippen molar-refractivity contribution >= 4 is 122 Å². The average molecular weight is 939 g/mol. The summed E-state index contributed by atoms with van der Waals surface area (Å²) in [6.45, 7) is 16.0. The molecule has 2 bridgehead atoms. The number of rotatable bonds is 4. The van der Waals surface area contributed by atoms with Gasteiger partial charge in [-0.3, -0.25) is 9.59 Å². The van der Waals surface area contributed by atoms with E-state index in [0.717, 1.165) is 136 Å². The number of hydrogen-bond acceptors (Lipinski definition) is 10. The first-order valence-electron chi connectivity index (χ1n) is 17.7. The molecule has 6 rings (SSSR count). The van der Waals surface area contributed by atoms with Crippen molar-refractivity contribution in [1.82, 2.24) is 41.7 Å². The summed E-state index contributed by atoms with van der Waals surface area (Å²) in [7, 11) is 0. The molecule has 2 amide bonds. The van der Waals surface area contributed by atoms with Crippen molar-refractivity contribution < 1.29 is 9.59 Å². The number of fused-ring (bicyclic) bond motifs is 6. The second kappa shape index (κ2) is 31.0. The Hall–Kier alpha value is -0.940. The molecule has 320 valence electrons. The maximum atomic E-state index is 13.4. The predicted octanol–water partition coefficient (Wildman–Crippen LogP) is 2.67. The van der Waals surface area contributed by atoms with E-state index in [4.69, 9.17) is 0 Å². The van der Waals surface area contributed by atoms with Gasteiger partial charge in [0.2, 0.25) is 11.8 Å². The number of nitrogens with one attached hydrogen (secondary N) is 6. The Morgan fingerprint density at radius 1 is 0.436 bits per heavy atom. The van der Waals surface area contributed by atoms with Crippen molar-refractivity contribution in [2.45, 2.75) is 25.9 Å². The Morgan fingerprint density at radius 2 is 0.727 bits per heavy atom. The highest BCUT2D eigenvalue weighted by molar-refractivity contribution is 5.86. The molecule has 2 aromatic carbocycles. The van der Waals surface area contributed by atoms with E-state index in [-0.39, 0.29) is 111 Å². The summed E-state index contributed by atoms with van der Waals surface area (Å²) >= 11 is 0. The largest absolute Gasteiger partial charge is 0.349 e. The fraction of sp³-hybridized carbons (Fsp3) is 0.600. The molecule has 20 heteroatoms. The smallest absolute Gasteiger partial charge is 0.227 e. The Bertz CT molecular complexity index is 1250. The standard InChI is InChI=1S/C35H54N10O2.8ClH/c46-34(42-17-13-38-9-5-36-6-10-39-14-18-42)23-28-1-3-32-30(21-28)25-45-27-44(32)26-31-22-29(2-4-33(31)45)24-35(47)43-19-15-40-11-7-37-8-12-41-16-20-43;;;;;;;;/h1-4,21-22,36-41H,5-20,23-27H2;8*1H. The molecule has 0 saturated carbocycles. The van der Waals surface area contributed by atoms with Gasteiger partial charge < -0.3 is 51.5 Å². The van der Waals surface area contributed by atoms with Crippen LogP contribution in [0.4, 0.5) is 11.4 Å². The van der Waals surface area contributed by atoms with E-state index in [1.54, 1.807) is 0 Å². The summed E-state index contributed by atoms with van der Waals surface area (Å²) in [4.78, 5) is 35.7. The quantitative estimate of drug-likeness (QED) is 0.274. The molecule has 0 atom stereocenters. The Kier molecular flexibility index (Phi) is 33.0. The van der Waals surface area contributed by atoms with Gasteiger partial charge in [0.1, 0.15) is 0 Å². The zero-order valence-corrected chi connectivity index (χ0v) is 37.7. The lowest BCUT2D eigenvalue weighted by molar-refractivity contribution is -0.131. The molecular weight excluding hydrogens is 876 g/mol. The van der Waals surface area contributed by atoms with Crippen molar-refractivity contribution in [3.63, 3.8) is 0 Å². The SMILES string of the molecule is Cl.Cl.Cl.Cl.Cl.Cl.Cl.Cl.O=C(Cc1ccc2c(c1)CN1CN2Cc2cc(CC(=O)N3CCNCCNCCNCC3)ccc21)N1CCNCCNCCNCC1. The third-order valence-electron chi connectivity index (χ3n) is 9.60. The highest BCUT2D eigenvalue weighted by Crippen LogP contribution is 2.38. The topological polar surface area (TPSA) is 119 Å².